The summed E-state index contributed by atoms with van der Waals surface area (Å²) in [6.45, 7) is -3.95. The number of carboxylic acid groups (broad SMARTS) is 1. The number of aliphatic hydroxyl groups excluding tert-OH is 9. The average molecular weight is 574 g/mol. The number of carbonyl (C=O) groups is 2. The Morgan fingerprint density at radius 3 is 1.79 bits per heavy atom. The number of aliphatic hydroxyl groups is 11. The molecule has 39 heavy (non-hydrogen) atoms. The van der Waals surface area contributed by atoms with Crippen molar-refractivity contribution in [2.75, 3.05) is 26.4 Å². The maximum Gasteiger partial charge on any atom is 0.317 e. The second-order valence-corrected chi connectivity index (χ2v) is 9.80. The van der Waals surface area contributed by atoms with E-state index in [0.29, 0.717) is 0 Å². The minimum atomic E-state index is -3.26. The molecule has 0 amide bonds. The normalized spacial score (nSPS) is 48.9. The second kappa shape index (κ2) is 12.1. The van der Waals surface area contributed by atoms with Crippen molar-refractivity contribution in [3.63, 3.8) is 0 Å². The van der Waals surface area contributed by atoms with Gasteiger partial charge in [0, 0.05) is 0 Å². The number of carboxylic acids is 1. The molecule has 0 bridgehead atoms. The third-order valence-electron chi connectivity index (χ3n) is 7.41. The molecule has 0 aliphatic carbocycles. The van der Waals surface area contributed by atoms with Crippen molar-refractivity contribution in [3.05, 3.63) is 0 Å². The van der Waals surface area contributed by atoms with Crippen molar-refractivity contribution in [2.24, 2.45) is 0 Å². The van der Waals surface area contributed by atoms with Gasteiger partial charge in [0.1, 0.15) is 86.3 Å². The molecule has 3 heterocycles. The van der Waals surface area contributed by atoms with Crippen LogP contribution in [0.2, 0.25) is 0 Å². The van der Waals surface area contributed by atoms with Crippen LogP contribution in [0.1, 0.15) is 6.42 Å². The Hall–Kier alpha value is -1.62. The molecule has 226 valence electrons. The lowest BCUT2D eigenvalue weighted by atomic mass is 9.64. The van der Waals surface area contributed by atoms with Crippen LogP contribution in [0.4, 0.5) is 0 Å². The van der Waals surface area contributed by atoms with Crippen molar-refractivity contribution in [3.8, 4) is 0 Å². The van der Waals surface area contributed by atoms with E-state index in [1.807, 2.05) is 0 Å². The fraction of sp³-hybridized carbons (Fsp3) is 0.905. The van der Waals surface area contributed by atoms with Crippen LogP contribution in [0.3, 0.4) is 0 Å². The van der Waals surface area contributed by atoms with Crippen molar-refractivity contribution in [1.29, 1.82) is 0 Å². The molecule has 18 heteroatoms. The van der Waals surface area contributed by atoms with Crippen LogP contribution in [0.5, 0.6) is 0 Å². The zero-order valence-corrected chi connectivity index (χ0v) is 20.3. The number of esters is 1. The first-order chi connectivity index (χ1) is 18.1. The quantitative estimate of drug-likeness (QED) is 0.0945. The summed E-state index contributed by atoms with van der Waals surface area (Å²) in [6, 6.07) is 0. The first-order valence-corrected chi connectivity index (χ1v) is 11.9. The number of ether oxygens (including phenoxy) is 4. The van der Waals surface area contributed by atoms with Gasteiger partial charge in [-0.05, 0) is 0 Å². The summed E-state index contributed by atoms with van der Waals surface area (Å²) in [6.07, 6.45) is -25.7. The molecule has 0 aromatic rings. The van der Waals surface area contributed by atoms with Gasteiger partial charge < -0.3 is 80.2 Å². The number of carbonyl (C=O) groups excluding carboxylic acids is 1. The monoisotopic (exact) mass is 574 g/mol. The van der Waals surface area contributed by atoms with E-state index < -0.39 is 129 Å². The molecule has 3 fully saturated rings. The molecule has 3 saturated heterocycles. The van der Waals surface area contributed by atoms with Crippen LogP contribution in [-0.4, -0.2) is 184 Å². The number of rotatable bonds is 8. The summed E-state index contributed by atoms with van der Waals surface area (Å²) >= 11 is 0. The van der Waals surface area contributed by atoms with E-state index in [9.17, 15) is 65.8 Å². The van der Waals surface area contributed by atoms with E-state index in [2.05, 4.69) is 0 Å². The van der Waals surface area contributed by atoms with Crippen LogP contribution in [-0.2, 0) is 28.5 Å². The molecule has 3 aliphatic rings. The zero-order chi connectivity index (χ0) is 29.4. The number of hydrogen-bond acceptors (Lipinski definition) is 17. The van der Waals surface area contributed by atoms with Gasteiger partial charge in [0.2, 0.25) is 0 Å². The predicted octanol–water partition coefficient (Wildman–Crippen LogP) is -8.09. The summed E-state index contributed by atoms with van der Waals surface area (Å²) in [5.74, 6) is -2.81. The lowest BCUT2D eigenvalue weighted by Gasteiger charge is -2.60. The summed E-state index contributed by atoms with van der Waals surface area (Å²) < 4.78 is 20.8. The van der Waals surface area contributed by atoms with Crippen LogP contribution in [0.15, 0.2) is 0 Å². The molecular formula is C21H34O18. The van der Waals surface area contributed by atoms with Crippen molar-refractivity contribution < 1.29 is 89.8 Å². The lowest BCUT2D eigenvalue weighted by Crippen LogP contribution is -2.85. The standard InChI is InChI=1S/C21H34O18/c22-2-6-11(27)13(29)16(32)19(38-6)21(35)17(33)7(3-23)37-5-20(21,34)18-15(31)14(30)12(28)8(39-18)4-36-10(26)1-9(24)25/h6-8,11-19,22-23,27-35H,1-5H2,(H,24,25)/t6-,7+,8+,11-,12+,13+,14-,15+,16-,17+,18?,19?,20+,21+/m0/s1. The summed E-state index contributed by atoms with van der Waals surface area (Å²) in [7, 11) is 0. The van der Waals surface area contributed by atoms with Crippen LogP contribution in [0, 0.1) is 0 Å². The van der Waals surface area contributed by atoms with Crippen LogP contribution < -0.4 is 0 Å². The minimum absolute atomic E-state index is 0.912. The highest BCUT2D eigenvalue weighted by molar-refractivity contribution is 5.90. The smallest absolute Gasteiger partial charge is 0.317 e. The molecule has 3 aliphatic heterocycles. The van der Waals surface area contributed by atoms with Gasteiger partial charge in [0.25, 0.3) is 0 Å². The molecule has 0 radical (unpaired) electrons. The van der Waals surface area contributed by atoms with Gasteiger partial charge >= 0.3 is 11.9 Å². The largest absolute Gasteiger partial charge is 0.481 e. The molecule has 0 aromatic heterocycles. The molecule has 18 nitrogen and oxygen atoms in total. The van der Waals surface area contributed by atoms with Gasteiger partial charge in [-0.25, -0.2) is 0 Å². The highest BCUT2D eigenvalue weighted by atomic mass is 16.6. The van der Waals surface area contributed by atoms with Crippen LogP contribution in [0.25, 0.3) is 0 Å². The molecule has 2 unspecified atom stereocenters. The predicted molar refractivity (Wildman–Crippen MR) is 116 cm³/mol. The molecule has 3 rings (SSSR count). The van der Waals surface area contributed by atoms with E-state index in [-0.39, 0.29) is 0 Å². The Balaban J connectivity index is 2.02. The minimum Gasteiger partial charge on any atom is -0.481 e. The Labute approximate surface area is 219 Å². The Bertz CT molecular complexity index is 872. The second-order valence-electron chi connectivity index (χ2n) is 9.80. The molecular weight excluding hydrogens is 540 g/mol. The maximum atomic E-state index is 11.9. The van der Waals surface area contributed by atoms with Gasteiger partial charge in [-0.3, -0.25) is 9.59 Å². The highest BCUT2D eigenvalue weighted by Crippen LogP contribution is 2.46. The fourth-order valence-corrected chi connectivity index (χ4v) is 5.16. The molecule has 0 saturated carbocycles. The third-order valence-corrected chi connectivity index (χ3v) is 7.41. The van der Waals surface area contributed by atoms with Gasteiger partial charge in [-0.2, -0.15) is 0 Å². The van der Waals surface area contributed by atoms with E-state index in [1.54, 1.807) is 0 Å². The first-order valence-electron chi connectivity index (χ1n) is 11.9. The SMILES string of the molecule is O=C(O)CC(=O)OC[C@H]1OC([C@]2(O)CO[C@H](CO)[C@@H](O)[C@@]2(O)C2O[C@@H](CO)[C@H](O)[C@@H](O)[C@@H]2O)[C@H](O)[C@@H](O)[C@@H]1O. The Kier molecular flexibility index (Phi) is 9.89. The lowest BCUT2D eigenvalue weighted by molar-refractivity contribution is -0.391. The van der Waals surface area contributed by atoms with E-state index >= 15 is 0 Å². The van der Waals surface area contributed by atoms with Crippen molar-refractivity contribution in [2.45, 2.75) is 90.9 Å². The van der Waals surface area contributed by atoms with Gasteiger partial charge in [-0.1, -0.05) is 0 Å². The third kappa shape index (κ3) is 5.51. The molecule has 14 atom stereocenters. The highest BCUT2D eigenvalue weighted by Gasteiger charge is 2.72. The Morgan fingerprint density at radius 1 is 0.744 bits per heavy atom. The maximum absolute atomic E-state index is 11.9. The number of hydrogen-bond donors (Lipinski definition) is 12. The van der Waals surface area contributed by atoms with Gasteiger partial charge in [-0.15, -0.1) is 0 Å². The van der Waals surface area contributed by atoms with Gasteiger partial charge in [0.15, 0.2) is 11.2 Å². The topological polar surface area (TPSA) is 314 Å². The van der Waals surface area contributed by atoms with E-state index in [0.717, 1.165) is 0 Å². The molecule has 12 N–H and O–H groups in total. The zero-order valence-electron chi connectivity index (χ0n) is 20.3. The summed E-state index contributed by atoms with van der Waals surface area (Å²) in [5.41, 5.74) is -6.37. The molecule has 0 aromatic carbocycles. The van der Waals surface area contributed by atoms with Crippen LogP contribution >= 0.6 is 0 Å². The van der Waals surface area contributed by atoms with Gasteiger partial charge in [0.05, 0.1) is 19.8 Å². The first kappa shape index (κ1) is 31.9. The molecule has 0 spiro atoms. The average Bonchev–Trinajstić information content (AvgIpc) is 2.88. The van der Waals surface area contributed by atoms with E-state index in [4.69, 9.17) is 24.1 Å². The Morgan fingerprint density at radius 2 is 1.26 bits per heavy atom. The van der Waals surface area contributed by atoms with Crippen molar-refractivity contribution in [1.82, 2.24) is 0 Å². The fourth-order valence-electron chi connectivity index (χ4n) is 5.16. The van der Waals surface area contributed by atoms with E-state index in [1.165, 1.54) is 0 Å². The number of aliphatic carboxylic acids is 1. The summed E-state index contributed by atoms with van der Waals surface area (Å²) in [5, 5.41) is 125. The summed E-state index contributed by atoms with van der Waals surface area (Å²) in [4.78, 5) is 22.3. The van der Waals surface area contributed by atoms with Crippen molar-refractivity contribution >= 4 is 11.9 Å².